The molecule has 8 nitrogen and oxygen atoms in total. The van der Waals surface area contributed by atoms with Gasteiger partial charge < -0.3 is 23.7 Å². The minimum atomic E-state index is -0.809. The summed E-state index contributed by atoms with van der Waals surface area (Å²) in [6.07, 6.45) is -3.54. The van der Waals surface area contributed by atoms with Crippen LogP contribution in [0.4, 0.5) is 0 Å². The third-order valence-corrected chi connectivity index (χ3v) is 4.52. The summed E-state index contributed by atoms with van der Waals surface area (Å²) in [5.74, 6) is -1.11. The van der Waals surface area contributed by atoms with Crippen LogP contribution in [0.5, 0.6) is 0 Å². The van der Waals surface area contributed by atoms with Gasteiger partial charge in [-0.2, -0.15) is 0 Å². The Bertz CT molecular complexity index is 674. The second-order valence-corrected chi connectivity index (χ2v) is 6.48. The molecule has 0 radical (unpaired) electrons. The molecule has 0 amide bonds. The Morgan fingerprint density at radius 2 is 1.71 bits per heavy atom. The van der Waals surface area contributed by atoms with Crippen molar-refractivity contribution in [3.63, 3.8) is 0 Å². The van der Waals surface area contributed by atoms with Crippen LogP contribution in [0.3, 0.4) is 0 Å². The normalized spacial score (nSPS) is 25.1. The number of Topliss-reactive ketones (excluding diaryl/α,β-unsaturated/α-hetero) is 1. The van der Waals surface area contributed by atoms with Gasteiger partial charge in [0, 0.05) is 40.1 Å². The Morgan fingerprint density at radius 3 is 2.25 bits per heavy atom. The van der Waals surface area contributed by atoms with E-state index >= 15 is 0 Å². The molecular formula is C20H26O8. The average Bonchev–Trinajstić information content (AvgIpc) is 2.99. The maximum absolute atomic E-state index is 12.6. The fourth-order valence-corrected chi connectivity index (χ4v) is 3.25. The molecule has 5 atom stereocenters. The molecule has 1 heterocycles. The van der Waals surface area contributed by atoms with Crippen LogP contribution in [0.2, 0.25) is 0 Å². The van der Waals surface area contributed by atoms with Crippen molar-refractivity contribution in [1.29, 1.82) is 0 Å². The van der Waals surface area contributed by atoms with Crippen LogP contribution in [-0.2, 0) is 33.3 Å². The van der Waals surface area contributed by atoms with Crippen LogP contribution in [0, 0.1) is 0 Å². The van der Waals surface area contributed by atoms with E-state index in [0.717, 1.165) is 0 Å². The molecule has 28 heavy (non-hydrogen) atoms. The number of carbonyl (C=O) groups excluding carboxylic acids is 3. The Labute approximate surface area is 164 Å². The van der Waals surface area contributed by atoms with E-state index in [0.29, 0.717) is 5.56 Å². The summed E-state index contributed by atoms with van der Waals surface area (Å²) in [6.45, 7) is 2.48. The Balaban J connectivity index is 2.20. The molecule has 2 rings (SSSR count). The highest BCUT2D eigenvalue weighted by Crippen LogP contribution is 2.32. The van der Waals surface area contributed by atoms with Crippen molar-refractivity contribution >= 4 is 17.7 Å². The third kappa shape index (κ3) is 5.60. The lowest BCUT2D eigenvalue weighted by molar-refractivity contribution is -0.164. The second-order valence-electron chi connectivity index (χ2n) is 6.48. The first-order valence-electron chi connectivity index (χ1n) is 8.97. The maximum atomic E-state index is 12.6. The molecule has 0 N–H and O–H groups in total. The molecule has 1 aromatic carbocycles. The number of rotatable bonds is 9. The van der Waals surface area contributed by atoms with Crippen LogP contribution in [0.1, 0.15) is 30.6 Å². The molecule has 0 saturated carbocycles. The molecule has 1 aromatic rings. The van der Waals surface area contributed by atoms with Gasteiger partial charge in [0.15, 0.2) is 11.9 Å². The molecule has 0 spiro atoms. The smallest absolute Gasteiger partial charge is 0.303 e. The summed E-state index contributed by atoms with van der Waals surface area (Å²) < 4.78 is 27.4. The Morgan fingerprint density at radius 1 is 1.04 bits per heavy atom. The van der Waals surface area contributed by atoms with E-state index < -0.39 is 42.5 Å². The van der Waals surface area contributed by atoms with E-state index in [-0.39, 0.29) is 18.8 Å². The average molecular weight is 394 g/mol. The van der Waals surface area contributed by atoms with Gasteiger partial charge in [-0.15, -0.1) is 0 Å². The maximum Gasteiger partial charge on any atom is 0.303 e. The van der Waals surface area contributed by atoms with Crippen LogP contribution < -0.4 is 0 Å². The van der Waals surface area contributed by atoms with Crippen molar-refractivity contribution in [3.05, 3.63) is 35.9 Å². The summed E-state index contributed by atoms with van der Waals surface area (Å²) in [4.78, 5) is 35.4. The zero-order valence-electron chi connectivity index (χ0n) is 16.5. The zero-order valence-corrected chi connectivity index (χ0v) is 16.5. The molecular weight excluding hydrogens is 368 g/mol. The minimum Gasteiger partial charge on any atom is -0.463 e. The van der Waals surface area contributed by atoms with Crippen LogP contribution in [0.15, 0.2) is 30.3 Å². The lowest BCUT2D eigenvalue weighted by Crippen LogP contribution is -2.45. The van der Waals surface area contributed by atoms with Gasteiger partial charge >= 0.3 is 11.9 Å². The quantitative estimate of drug-likeness (QED) is 0.460. The number of methoxy groups -OCH3 is 2. The summed E-state index contributed by atoms with van der Waals surface area (Å²) >= 11 is 0. The van der Waals surface area contributed by atoms with Gasteiger partial charge in [-0.25, -0.2) is 0 Å². The Hall–Kier alpha value is -2.29. The van der Waals surface area contributed by atoms with Gasteiger partial charge in [0.25, 0.3) is 0 Å². The SMILES string of the molecule is CO[C@@H]1[C@@H](OC(C)=O)[C@H]([C@@H](COC(C)=O)OC)O[C@@H]1CC(=O)c1ccccc1. The summed E-state index contributed by atoms with van der Waals surface area (Å²) in [7, 11) is 2.90. The second kappa shape index (κ2) is 10.3. The highest BCUT2D eigenvalue weighted by atomic mass is 16.6. The van der Waals surface area contributed by atoms with Crippen LogP contribution in [0.25, 0.3) is 0 Å². The molecule has 8 heteroatoms. The lowest BCUT2D eigenvalue weighted by Gasteiger charge is -2.27. The van der Waals surface area contributed by atoms with Crippen molar-refractivity contribution in [3.8, 4) is 0 Å². The largest absolute Gasteiger partial charge is 0.463 e. The number of hydrogen-bond donors (Lipinski definition) is 0. The fraction of sp³-hybridized carbons (Fsp3) is 0.550. The van der Waals surface area contributed by atoms with Crippen LogP contribution in [-0.4, -0.2) is 69.1 Å². The first-order chi connectivity index (χ1) is 13.4. The van der Waals surface area contributed by atoms with Crippen molar-refractivity contribution in [2.24, 2.45) is 0 Å². The van der Waals surface area contributed by atoms with Gasteiger partial charge in [-0.3, -0.25) is 14.4 Å². The first-order valence-corrected chi connectivity index (χ1v) is 8.97. The van der Waals surface area contributed by atoms with Gasteiger partial charge in [0.05, 0.1) is 6.10 Å². The summed E-state index contributed by atoms with van der Waals surface area (Å²) in [6, 6.07) is 8.82. The number of ketones is 1. The Kier molecular flexibility index (Phi) is 8.10. The highest BCUT2D eigenvalue weighted by molar-refractivity contribution is 5.96. The van der Waals surface area contributed by atoms with Gasteiger partial charge in [0.2, 0.25) is 0 Å². The van der Waals surface area contributed by atoms with E-state index in [1.54, 1.807) is 24.3 Å². The van der Waals surface area contributed by atoms with Crippen molar-refractivity contribution in [2.75, 3.05) is 20.8 Å². The third-order valence-electron chi connectivity index (χ3n) is 4.52. The van der Waals surface area contributed by atoms with Crippen LogP contribution >= 0.6 is 0 Å². The molecule has 1 fully saturated rings. The first kappa shape index (κ1) is 22.0. The topological polar surface area (TPSA) is 97.4 Å². The summed E-state index contributed by atoms with van der Waals surface area (Å²) in [5.41, 5.74) is 0.552. The number of ether oxygens (including phenoxy) is 5. The number of benzene rings is 1. The summed E-state index contributed by atoms with van der Waals surface area (Å²) in [5, 5.41) is 0. The van der Waals surface area contributed by atoms with Crippen molar-refractivity contribution < 1.29 is 38.1 Å². The monoisotopic (exact) mass is 394 g/mol. The van der Waals surface area contributed by atoms with E-state index in [4.69, 9.17) is 23.7 Å². The molecule has 154 valence electrons. The predicted octanol–water partition coefficient (Wildman–Crippen LogP) is 1.55. The highest BCUT2D eigenvalue weighted by Gasteiger charge is 2.51. The van der Waals surface area contributed by atoms with E-state index in [1.807, 2.05) is 6.07 Å². The van der Waals surface area contributed by atoms with Gasteiger partial charge in [0.1, 0.15) is 24.9 Å². The fourth-order valence-electron chi connectivity index (χ4n) is 3.25. The molecule has 1 aliphatic heterocycles. The molecule has 0 unspecified atom stereocenters. The van der Waals surface area contributed by atoms with Gasteiger partial charge in [-0.05, 0) is 0 Å². The minimum absolute atomic E-state index is 0.0424. The van der Waals surface area contributed by atoms with Gasteiger partial charge in [-0.1, -0.05) is 30.3 Å². The van der Waals surface area contributed by atoms with Crippen molar-refractivity contribution in [1.82, 2.24) is 0 Å². The number of carbonyl (C=O) groups is 3. The molecule has 1 saturated heterocycles. The molecule has 1 aliphatic rings. The molecule has 0 aliphatic carbocycles. The number of esters is 2. The number of hydrogen-bond acceptors (Lipinski definition) is 8. The van der Waals surface area contributed by atoms with Crippen molar-refractivity contribution in [2.45, 2.75) is 50.8 Å². The lowest BCUT2D eigenvalue weighted by atomic mass is 9.98. The van der Waals surface area contributed by atoms with E-state index in [1.165, 1.54) is 28.1 Å². The van der Waals surface area contributed by atoms with E-state index in [9.17, 15) is 14.4 Å². The van der Waals surface area contributed by atoms with E-state index in [2.05, 4.69) is 0 Å². The molecule has 0 bridgehead atoms. The predicted molar refractivity (Wildman–Crippen MR) is 97.8 cm³/mol. The standard InChI is InChI=1S/C20H26O8/c1-12(21)26-11-17(24-3)19-20(27-13(2)22)18(25-4)16(28-19)10-15(23)14-8-6-5-7-9-14/h5-9,16-20H,10-11H2,1-4H3/t16-,17-,18+,19+,20-/m1/s1. The molecule has 0 aromatic heterocycles. The zero-order chi connectivity index (χ0) is 20.7.